The largest absolute Gasteiger partial charge is 0.472 e. The molecular formula is C14H30BNO2. The average molecular weight is 255 g/mol. The Kier molecular flexibility index (Phi) is 5.69. The van der Waals surface area contributed by atoms with E-state index in [4.69, 9.17) is 10.4 Å². The Hall–Kier alpha value is -0.0551. The molecular weight excluding hydrogens is 225 g/mol. The second kappa shape index (κ2) is 6.40. The fourth-order valence-corrected chi connectivity index (χ4v) is 3.07. The van der Waals surface area contributed by atoms with E-state index in [2.05, 4.69) is 34.6 Å². The van der Waals surface area contributed by atoms with Crippen molar-refractivity contribution in [1.29, 1.82) is 0 Å². The van der Waals surface area contributed by atoms with Crippen LogP contribution in [0.5, 0.6) is 0 Å². The molecule has 1 fully saturated rings. The summed E-state index contributed by atoms with van der Waals surface area (Å²) in [6.45, 7) is 11.0. The molecule has 1 aliphatic carbocycles. The summed E-state index contributed by atoms with van der Waals surface area (Å²) in [6.07, 6.45) is 4.30. The molecule has 1 rings (SSSR count). The molecule has 0 aromatic heterocycles. The molecule has 18 heavy (non-hydrogen) atoms. The maximum absolute atomic E-state index is 10.0. The summed E-state index contributed by atoms with van der Waals surface area (Å²) in [5, 5.41) is 10.0. The van der Waals surface area contributed by atoms with Gasteiger partial charge in [-0.15, -0.1) is 0 Å². The molecule has 0 aromatic rings. The minimum atomic E-state index is -0.818. The molecule has 3 N–H and O–H groups in total. The van der Waals surface area contributed by atoms with Crippen LogP contribution < -0.4 is 5.73 Å². The van der Waals surface area contributed by atoms with Gasteiger partial charge in [0.1, 0.15) is 0 Å². The second-order valence-electron chi connectivity index (χ2n) is 7.24. The molecule has 1 aliphatic rings. The minimum absolute atomic E-state index is 0.159. The van der Waals surface area contributed by atoms with E-state index in [1.165, 1.54) is 0 Å². The van der Waals surface area contributed by atoms with Crippen molar-refractivity contribution in [3.8, 4) is 0 Å². The summed E-state index contributed by atoms with van der Waals surface area (Å²) in [7, 11) is -0.818. The van der Waals surface area contributed by atoms with Gasteiger partial charge in [-0.25, -0.2) is 0 Å². The van der Waals surface area contributed by atoms with E-state index in [0.29, 0.717) is 17.3 Å². The molecule has 0 bridgehead atoms. The van der Waals surface area contributed by atoms with E-state index in [-0.39, 0.29) is 12.0 Å². The zero-order valence-corrected chi connectivity index (χ0v) is 12.6. The van der Waals surface area contributed by atoms with Crippen LogP contribution in [0.25, 0.3) is 0 Å². The lowest BCUT2D eigenvalue weighted by atomic mass is 9.69. The van der Waals surface area contributed by atoms with Crippen molar-refractivity contribution in [1.82, 2.24) is 0 Å². The molecule has 106 valence electrons. The molecule has 0 spiro atoms. The minimum Gasteiger partial charge on any atom is -0.426 e. The summed E-state index contributed by atoms with van der Waals surface area (Å²) in [5.74, 6) is 0.711. The third-order valence-corrected chi connectivity index (χ3v) is 4.04. The quantitative estimate of drug-likeness (QED) is 0.742. The smallest absolute Gasteiger partial charge is 0.426 e. The van der Waals surface area contributed by atoms with Crippen LogP contribution in [0.3, 0.4) is 0 Å². The zero-order valence-electron chi connectivity index (χ0n) is 12.6. The van der Waals surface area contributed by atoms with Gasteiger partial charge in [-0.2, -0.15) is 0 Å². The predicted molar refractivity (Wildman–Crippen MR) is 77.1 cm³/mol. The fourth-order valence-electron chi connectivity index (χ4n) is 3.07. The standard InChI is InChI=1S/C14H30BNO2/c1-10(2)8-13(16)15(17)18-12-6-7-14(4,5)9-11(12)3/h10-13,17H,6-9,16H2,1-5H3/t11-,12?,13+/m1/s1. The highest BCUT2D eigenvalue weighted by Crippen LogP contribution is 2.39. The molecule has 0 radical (unpaired) electrons. The maximum Gasteiger partial charge on any atom is 0.472 e. The number of rotatable bonds is 5. The highest BCUT2D eigenvalue weighted by Gasteiger charge is 2.36. The van der Waals surface area contributed by atoms with E-state index >= 15 is 0 Å². The van der Waals surface area contributed by atoms with Crippen LogP contribution in [0.4, 0.5) is 0 Å². The fraction of sp³-hybridized carbons (Fsp3) is 1.00. The summed E-state index contributed by atoms with van der Waals surface area (Å²) >= 11 is 0. The lowest BCUT2D eigenvalue weighted by Crippen LogP contribution is -2.47. The topological polar surface area (TPSA) is 55.5 Å². The summed E-state index contributed by atoms with van der Waals surface area (Å²) in [4.78, 5) is 0. The second-order valence-corrected chi connectivity index (χ2v) is 7.24. The predicted octanol–water partition coefficient (Wildman–Crippen LogP) is 2.61. The number of hydrogen-bond acceptors (Lipinski definition) is 3. The van der Waals surface area contributed by atoms with Gasteiger partial charge < -0.3 is 15.4 Å². The van der Waals surface area contributed by atoms with E-state index in [1.807, 2.05) is 0 Å². The lowest BCUT2D eigenvalue weighted by Gasteiger charge is -2.40. The van der Waals surface area contributed by atoms with Gasteiger partial charge >= 0.3 is 7.12 Å². The Morgan fingerprint density at radius 2 is 2.06 bits per heavy atom. The van der Waals surface area contributed by atoms with Crippen LogP contribution in [-0.4, -0.2) is 24.2 Å². The third kappa shape index (κ3) is 4.91. The Morgan fingerprint density at radius 3 is 2.56 bits per heavy atom. The summed E-state index contributed by atoms with van der Waals surface area (Å²) in [5.41, 5.74) is 6.37. The first-order chi connectivity index (χ1) is 8.21. The van der Waals surface area contributed by atoms with Crippen LogP contribution in [0.2, 0.25) is 0 Å². The van der Waals surface area contributed by atoms with Gasteiger partial charge in [0.2, 0.25) is 0 Å². The number of hydrogen-bond donors (Lipinski definition) is 2. The first-order valence-electron chi connectivity index (χ1n) is 7.30. The third-order valence-electron chi connectivity index (χ3n) is 4.04. The van der Waals surface area contributed by atoms with E-state index in [0.717, 1.165) is 25.7 Å². The maximum atomic E-state index is 10.0. The van der Waals surface area contributed by atoms with Crippen molar-refractivity contribution in [3.63, 3.8) is 0 Å². The van der Waals surface area contributed by atoms with Crippen molar-refractivity contribution >= 4 is 7.12 Å². The van der Waals surface area contributed by atoms with Crippen LogP contribution in [-0.2, 0) is 4.65 Å². The molecule has 3 nitrogen and oxygen atoms in total. The SMILES string of the molecule is CC(C)C[C@H](N)B(O)OC1CCC(C)(C)C[C@H]1C. The van der Waals surface area contributed by atoms with E-state index < -0.39 is 7.12 Å². The Balaban J connectivity index is 2.43. The van der Waals surface area contributed by atoms with Crippen LogP contribution in [0, 0.1) is 17.3 Å². The van der Waals surface area contributed by atoms with Crippen LogP contribution in [0.1, 0.15) is 60.3 Å². The molecule has 0 aromatic carbocycles. The van der Waals surface area contributed by atoms with Gasteiger partial charge in [-0.05, 0) is 42.9 Å². The van der Waals surface area contributed by atoms with Gasteiger partial charge in [0.15, 0.2) is 0 Å². The number of nitrogens with two attached hydrogens (primary N) is 1. The molecule has 1 unspecified atom stereocenters. The lowest BCUT2D eigenvalue weighted by molar-refractivity contribution is 0.0315. The first-order valence-corrected chi connectivity index (χ1v) is 7.30. The Morgan fingerprint density at radius 1 is 1.44 bits per heavy atom. The summed E-state index contributed by atoms with van der Waals surface area (Å²) < 4.78 is 5.79. The first kappa shape index (κ1) is 16.0. The summed E-state index contributed by atoms with van der Waals surface area (Å²) in [6, 6.07) is 0. The van der Waals surface area contributed by atoms with Crippen molar-refractivity contribution in [3.05, 3.63) is 0 Å². The molecule has 0 amide bonds. The Bertz CT molecular complexity index is 258. The van der Waals surface area contributed by atoms with Gasteiger partial charge in [0, 0.05) is 12.0 Å². The molecule has 3 atom stereocenters. The molecule has 0 heterocycles. The Labute approximate surface area is 113 Å². The van der Waals surface area contributed by atoms with E-state index in [9.17, 15) is 5.02 Å². The van der Waals surface area contributed by atoms with Gasteiger partial charge in [0.05, 0.1) is 0 Å². The highest BCUT2D eigenvalue weighted by atomic mass is 16.5. The normalized spacial score (nSPS) is 29.3. The molecule has 0 saturated heterocycles. The van der Waals surface area contributed by atoms with Crippen molar-refractivity contribution in [2.45, 2.75) is 72.3 Å². The molecule has 1 saturated carbocycles. The molecule has 4 heteroatoms. The van der Waals surface area contributed by atoms with Crippen LogP contribution >= 0.6 is 0 Å². The highest BCUT2D eigenvalue weighted by molar-refractivity contribution is 6.44. The van der Waals surface area contributed by atoms with Gasteiger partial charge in [-0.3, -0.25) is 0 Å². The van der Waals surface area contributed by atoms with E-state index in [1.54, 1.807) is 0 Å². The van der Waals surface area contributed by atoms with Crippen LogP contribution in [0.15, 0.2) is 0 Å². The monoisotopic (exact) mass is 255 g/mol. The van der Waals surface area contributed by atoms with Gasteiger partial charge in [-0.1, -0.05) is 34.6 Å². The van der Waals surface area contributed by atoms with Crippen molar-refractivity contribution in [2.75, 3.05) is 0 Å². The zero-order chi connectivity index (χ0) is 13.9. The average Bonchev–Trinajstić information content (AvgIpc) is 2.20. The van der Waals surface area contributed by atoms with Crippen molar-refractivity contribution in [2.24, 2.45) is 23.0 Å². The van der Waals surface area contributed by atoms with Gasteiger partial charge in [0.25, 0.3) is 0 Å². The van der Waals surface area contributed by atoms with Crippen molar-refractivity contribution < 1.29 is 9.68 Å². The molecule has 0 aliphatic heterocycles.